The average molecular weight is 350 g/mol. The van der Waals surface area contributed by atoms with Gasteiger partial charge in [0.1, 0.15) is 0 Å². The predicted octanol–water partition coefficient (Wildman–Crippen LogP) is 3.08. The SMILES string of the molecule is CC1CCCN(C(=O)C2CCN(C(=O)c3ccc(F)c(F)c3)CC2)C1. The summed E-state index contributed by atoms with van der Waals surface area (Å²) in [6.07, 6.45) is 3.48. The summed E-state index contributed by atoms with van der Waals surface area (Å²) in [6.45, 7) is 4.77. The van der Waals surface area contributed by atoms with Gasteiger partial charge in [-0.3, -0.25) is 9.59 Å². The highest BCUT2D eigenvalue weighted by atomic mass is 19.2. The van der Waals surface area contributed by atoms with E-state index in [1.165, 1.54) is 12.5 Å². The lowest BCUT2D eigenvalue weighted by Crippen LogP contribution is -2.47. The summed E-state index contributed by atoms with van der Waals surface area (Å²) < 4.78 is 26.3. The van der Waals surface area contributed by atoms with E-state index in [4.69, 9.17) is 0 Å². The van der Waals surface area contributed by atoms with E-state index in [1.54, 1.807) is 4.90 Å². The van der Waals surface area contributed by atoms with E-state index in [2.05, 4.69) is 6.92 Å². The molecular weight excluding hydrogens is 326 g/mol. The number of hydrogen-bond acceptors (Lipinski definition) is 2. The minimum Gasteiger partial charge on any atom is -0.342 e. The lowest BCUT2D eigenvalue weighted by atomic mass is 9.92. The first kappa shape index (κ1) is 17.8. The molecule has 3 rings (SSSR count). The van der Waals surface area contributed by atoms with Crippen molar-refractivity contribution in [1.82, 2.24) is 9.80 Å². The molecule has 136 valence electrons. The first-order valence-corrected chi connectivity index (χ1v) is 8.99. The molecule has 6 heteroatoms. The largest absolute Gasteiger partial charge is 0.342 e. The number of likely N-dealkylation sites (tertiary alicyclic amines) is 2. The lowest BCUT2D eigenvalue weighted by molar-refractivity contribution is -0.138. The predicted molar refractivity (Wildman–Crippen MR) is 90.0 cm³/mol. The Hall–Kier alpha value is -1.98. The van der Waals surface area contributed by atoms with Crippen molar-refractivity contribution in [2.24, 2.45) is 11.8 Å². The molecule has 4 nitrogen and oxygen atoms in total. The third kappa shape index (κ3) is 3.99. The van der Waals surface area contributed by atoms with Crippen LogP contribution in [-0.2, 0) is 4.79 Å². The van der Waals surface area contributed by atoms with Crippen molar-refractivity contribution in [3.05, 3.63) is 35.4 Å². The smallest absolute Gasteiger partial charge is 0.253 e. The molecule has 1 aromatic carbocycles. The van der Waals surface area contributed by atoms with E-state index in [1.807, 2.05) is 4.90 Å². The number of halogens is 2. The number of rotatable bonds is 2. The van der Waals surface area contributed by atoms with Crippen LogP contribution >= 0.6 is 0 Å². The van der Waals surface area contributed by atoms with Gasteiger partial charge in [0.2, 0.25) is 5.91 Å². The van der Waals surface area contributed by atoms with Crippen molar-refractivity contribution < 1.29 is 18.4 Å². The number of piperidine rings is 2. The van der Waals surface area contributed by atoms with E-state index in [0.29, 0.717) is 31.8 Å². The zero-order valence-electron chi connectivity index (χ0n) is 14.5. The molecule has 0 aromatic heterocycles. The summed E-state index contributed by atoms with van der Waals surface area (Å²) in [6, 6.07) is 3.20. The molecule has 0 saturated carbocycles. The third-order valence-corrected chi connectivity index (χ3v) is 5.27. The lowest BCUT2D eigenvalue weighted by Gasteiger charge is -2.37. The van der Waals surface area contributed by atoms with Gasteiger partial charge in [-0.2, -0.15) is 0 Å². The molecule has 2 heterocycles. The molecule has 1 atom stereocenters. The normalized spacial score (nSPS) is 22.1. The van der Waals surface area contributed by atoms with Crippen LogP contribution in [0.5, 0.6) is 0 Å². The molecule has 0 aliphatic carbocycles. The van der Waals surface area contributed by atoms with E-state index < -0.39 is 11.6 Å². The van der Waals surface area contributed by atoms with Gasteiger partial charge in [-0.05, 0) is 49.8 Å². The Kier molecular flexibility index (Phi) is 5.35. The quantitative estimate of drug-likeness (QED) is 0.822. The Morgan fingerprint density at radius 1 is 1.00 bits per heavy atom. The third-order valence-electron chi connectivity index (χ3n) is 5.27. The summed E-state index contributed by atoms with van der Waals surface area (Å²) in [5, 5.41) is 0. The summed E-state index contributed by atoms with van der Waals surface area (Å²) in [7, 11) is 0. The molecule has 0 spiro atoms. The Bertz CT molecular complexity index is 657. The van der Waals surface area contributed by atoms with Crippen molar-refractivity contribution in [3.8, 4) is 0 Å². The highest BCUT2D eigenvalue weighted by molar-refractivity contribution is 5.94. The molecule has 1 unspecified atom stereocenters. The monoisotopic (exact) mass is 350 g/mol. The van der Waals surface area contributed by atoms with Crippen molar-refractivity contribution in [2.75, 3.05) is 26.2 Å². The molecule has 0 bridgehead atoms. The molecule has 2 fully saturated rings. The maximum atomic E-state index is 13.3. The fourth-order valence-electron chi connectivity index (χ4n) is 3.79. The fourth-order valence-corrected chi connectivity index (χ4v) is 3.79. The molecule has 2 saturated heterocycles. The zero-order chi connectivity index (χ0) is 18.0. The van der Waals surface area contributed by atoms with Crippen LogP contribution < -0.4 is 0 Å². The maximum Gasteiger partial charge on any atom is 0.253 e. The van der Waals surface area contributed by atoms with Crippen molar-refractivity contribution in [3.63, 3.8) is 0 Å². The van der Waals surface area contributed by atoms with E-state index in [0.717, 1.165) is 31.6 Å². The Morgan fingerprint density at radius 2 is 1.72 bits per heavy atom. The van der Waals surface area contributed by atoms with Crippen molar-refractivity contribution in [1.29, 1.82) is 0 Å². The second-order valence-electron chi connectivity index (χ2n) is 7.23. The number of hydrogen-bond donors (Lipinski definition) is 0. The van der Waals surface area contributed by atoms with Crippen LogP contribution in [0.2, 0.25) is 0 Å². The van der Waals surface area contributed by atoms with E-state index >= 15 is 0 Å². The number of amides is 2. The van der Waals surface area contributed by atoms with Gasteiger partial charge in [0.05, 0.1) is 0 Å². The molecule has 25 heavy (non-hydrogen) atoms. The van der Waals surface area contributed by atoms with Gasteiger partial charge in [0, 0.05) is 37.7 Å². The van der Waals surface area contributed by atoms with Gasteiger partial charge < -0.3 is 9.80 Å². The first-order valence-electron chi connectivity index (χ1n) is 8.99. The van der Waals surface area contributed by atoms with E-state index in [9.17, 15) is 18.4 Å². The molecule has 0 N–H and O–H groups in total. The molecule has 2 amide bonds. The van der Waals surface area contributed by atoms with E-state index in [-0.39, 0.29) is 23.3 Å². The number of carbonyl (C=O) groups is 2. The second-order valence-corrected chi connectivity index (χ2v) is 7.23. The van der Waals surface area contributed by atoms with Gasteiger partial charge in [0.25, 0.3) is 5.91 Å². The van der Waals surface area contributed by atoms with Crippen LogP contribution in [0.25, 0.3) is 0 Å². The maximum absolute atomic E-state index is 13.3. The number of nitrogens with zero attached hydrogens (tertiary/aromatic N) is 2. The van der Waals surface area contributed by atoms with Gasteiger partial charge in [0.15, 0.2) is 11.6 Å². The second kappa shape index (κ2) is 7.50. The highest BCUT2D eigenvalue weighted by Gasteiger charge is 2.32. The molecule has 1 aromatic rings. The van der Waals surface area contributed by atoms with Crippen molar-refractivity contribution >= 4 is 11.8 Å². The van der Waals surface area contributed by atoms with Gasteiger partial charge >= 0.3 is 0 Å². The van der Waals surface area contributed by atoms with Crippen LogP contribution in [0.15, 0.2) is 18.2 Å². The Balaban J connectivity index is 1.56. The Labute approximate surface area is 146 Å². The highest BCUT2D eigenvalue weighted by Crippen LogP contribution is 2.24. The number of benzene rings is 1. The average Bonchev–Trinajstić information content (AvgIpc) is 2.63. The van der Waals surface area contributed by atoms with Gasteiger partial charge in [-0.25, -0.2) is 8.78 Å². The summed E-state index contributed by atoms with van der Waals surface area (Å²) in [5.41, 5.74) is 0.147. The fraction of sp³-hybridized carbons (Fsp3) is 0.579. The van der Waals surface area contributed by atoms with Crippen LogP contribution in [0.1, 0.15) is 43.0 Å². The standard InChI is InChI=1S/C19H24F2N2O2/c1-13-3-2-8-23(12-13)18(24)14-6-9-22(10-7-14)19(25)15-4-5-16(20)17(21)11-15/h4-5,11,13-14H,2-3,6-10,12H2,1H3. The Morgan fingerprint density at radius 3 is 2.36 bits per heavy atom. The molecule has 2 aliphatic rings. The minimum atomic E-state index is -1.02. The summed E-state index contributed by atoms with van der Waals surface area (Å²) >= 11 is 0. The number of carbonyl (C=O) groups excluding carboxylic acids is 2. The zero-order valence-corrected chi connectivity index (χ0v) is 14.5. The van der Waals surface area contributed by atoms with Crippen molar-refractivity contribution in [2.45, 2.75) is 32.6 Å². The van der Waals surface area contributed by atoms with Crippen LogP contribution in [0, 0.1) is 23.5 Å². The molecule has 2 aliphatic heterocycles. The van der Waals surface area contributed by atoms with Crippen LogP contribution in [-0.4, -0.2) is 47.8 Å². The van der Waals surface area contributed by atoms with Crippen LogP contribution in [0.4, 0.5) is 8.78 Å². The first-order chi connectivity index (χ1) is 12.0. The summed E-state index contributed by atoms with van der Waals surface area (Å²) in [4.78, 5) is 28.7. The van der Waals surface area contributed by atoms with Gasteiger partial charge in [-0.15, -0.1) is 0 Å². The molecule has 0 radical (unpaired) electrons. The minimum absolute atomic E-state index is 0.0423. The van der Waals surface area contributed by atoms with Crippen LogP contribution in [0.3, 0.4) is 0 Å². The van der Waals surface area contributed by atoms with Gasteiger partial charge in [-0.1, -0.05) is 6.92 Å². The molecular formula is C19H24F2N2O2. The topological polar surface area (TPSA) is 40.6 Å². The summed E-state index contributed by atoms with van der Waals surface area (Å²) in [5.74, 6) is -1.58.